The minimum Gasteiger partial charge on any atom is -0.492 e. The molecule has 2 aromatic heterocycles. The van der Waals surface area contributed by atoms with Gasteiger partial charge in [0.15, 0.2) is 0 Å². The van der Waals surface area contributed by atoms with Gasteiger partial charge in [0, 0.05) is 31.9 Å². The fourth-order valence-electron chi connectivity index (χ4n) is 4.18. The molecule has 0 aliphatic carbocycles. The number of hydrogen-bond acceptors (Lipinski definition) is 7. The number of benzene rings is 1. The first kappa shape index (κ1) is 23.9. The van der Waals surface area contributed by atoms with Crippen molar-refractivity contribution in [2.75, 3.05) is 26.2 Å². The van der Waals surface area contributed by atoms with Crippen LogP contribution in [0.2, 0.25) is 0 Å². The fraction of sp³-hybridized carbons (Fsp3) is 0.458. The third kappa shape index (κ3) is 5.82. The zero-order chi connectivity index (χ0) is 24.1. The Hall–Kier alpha value is -3.21. The normalized spacial score (nSPS) is 20.9. The maximum Gasteiger partial charge on any atom is 0.269 e. The first-order valence-electron chi connectivity index (χ1n) is 11.4. The molecule has 10 heteroatoms. The summed E-state index contributed by atoms with van der Waals surface area (Å²) in [6.45, 7) is 6.79. The number of aromatic amines is 1. The van der Waals surface area contributed by atoms with E-state index in [1.165, 1.54) is 12.5 Å². The van der Waals surface area contributed by atoms with Crippen molar-refractivity contribution < 1.29 is 19.7 Å². The van der Waals surface area contributed by atoms with E-state index < -0.39 is 11.7 Å². The lowest BCUT2D eigenvalue weighted by Gasteiger charge is -2.42. The quantitative estimate of drug-likeness (QED) is 0.369. The lowest BCUT2D eigenvalue weighted by atomic mass is 9.88. The van der Waals surface area contributed by atoms with Crippen molar-refractivity contribution in [2.24, 2.45) is 0 Å². The monoisotopic (exact) mass is 468 g/mol. The molecular weight excluding hydrogens is 436 g/mol. The average Bonchev–Trinajstić information content (AvgIpc) is 3.46. The summed E-state index contributed by atoms with van der Waals surface area (Å²) in [6.07, 6.45) is 2.21. The molecule has 1 saturated heterocycles. The van der Waals surface area contributed by atoms with E-state index >= 15 is 0 Å². The van der Waals surface area contributed by atoms with Gasteiger partial charge in [0.05, 0.1) is 30.9 Å². The first-order valence-corrected chi connectivity index (χ1v) is 11.4. The molecule has 0 spiro atoms. The number of imidazole rings is 1. The van der Waals surface area contributed by atoms with Crippen molar-refractivity contribution in [1.82, 2.24) is 30.0 Å². The summed E-state index contributed by atoms with van der Waals surface area (Å²) in [5.74, 6) is 0.434. The predicted octanol–water partition coefficient (Wildman–Crippen LogP) is 1.03. The van der Waals surface area contributed by atoms with Crippen molar-refractivity contribution >= 4 is 5.91 Å². The SMILES string of the molecule is Cc1cc(C)n(CCOc2ccc(CN3CC[C@@](O)(CNC(=O)c4cnc[nH]4)[C@H](O)C3)cc2)n1. The molecule has 0 saturated carbocycles. The van der Waals surface area contributed by atoms with Gasteiger partial charge in [-0.1, -0.05) is 12.1 Å². The van der Waals surface area contributed by atoms with Gasteiger partial charge in [-0.05, 0) is 44.0 Å². The molecular formula is C24H32N6O4. The second-order valence-corrected chi connectivity index (χ2v) is 8.90. The van der Waals surface area contributed by atoms with Gasteiger partial charge in [-0.15, -0.1) is 0 Å². The van der Waals surface area contributed by atoms with Crippen LogP contribution in [-0.4, -0.2) is 78.7 Å². The summed E-state index contributed by atoms with van der Waals surface area (Å²) < 4.78 is 7.79. The van der Waals surface area contributed by atoms with E-state index in [0.29, 0.717) is 44.9 Å². The van der Waals surface area contributed by atoms with E-state index in [9.17, 15) is 15.0 Å². The summed E-state index contributed by atoms with van der Waals surface area (Å²) >= 11 is 0. The molecule has 1 aromatic carbocycles. The zero-order valence-electron chi connectivity index (χ0n) is 19.6. The molecule has 3 heterocycles. The maximum absolute atomic E-state index is 12.1. The van der Waals surface area contributed by atoms with Gasteiger partial charge in [-0.2, -0.15) is 5.10 Å². The number of amides is 1. The molecule has 3 aromatic rings. The molecule has 0 bridgehead atoms. The van der Waals surface area contributed by atoms with Gasteiger partial charge in [0.2, 0.25) is 0 Å². The number of nitrogens with zero attached hydrogens (tertiary/aromatic N) is 4. The van der Waals surface area contributed by atoms with E-state index in [2.05, 4.69) is 25.3 Å². The summed E-state index contributed by atoms with van der Waals surface area (Å²) in [7, 11) is 0. The maximum atomic E-state index is 12.1. The minimum atomic E-state index is -1.37. The number of carbonyl (C=O) groups excluding carboxylic acids is 1. The number of nitrogens with one attached hydrogen (secondary N) is 2. The Kier molecular flexibility index (Phi) is 7.30. The summed E-state index contributed by atoms with van der Waals surface area (Å²) in [5, 5.41) is 28.5. The number of aromatic nitrogens is 4. The molecule has 1 aliphatic heterocycles. The van der Waals surface area contributed by atoms with Crippen LogP contribution in [0.15, 0.2) is 42.9 Å². The molecule has 0 radical (unpaired) electrons. The second-order valence-electron chi connectivity index (χ2n) is 8.90. The van der Waals surface area contributed by atoms with Crippen molar-refractivity contribution in [3.63, 3.8) is 0 Å². The van der Waals surface area contributed by atoms with Crippen LogP contribution >= 0.6 is 0 Å². The Balaban J connectivity index is 1.22. The second kappa shape index (κ2) is 10.4. The minimum absolute atomic E-state index is 0.0243. The third-order valence-electron chi connectivity index (χ3n) is 6.21. The fourth-order valence-corrected chi connectivity index (χ4v) is 4.18. The molecule has 2 atom stereocenters. The van der Waals surface area contributed by atoms with Crippen LogP contribution in [0.1, 0.15) is 33.9 Å². The van der Waals surface area contributed by atoms with Gasteiger partial charge in [0.25, 0.3) is 5.91 Å². The smallest absolute Gasteiger partial charge is 0.269 e. The van der Waals surface area contributed by atoms with E-state index in [0.717, 1.165) is 22.7 Å². The predicted molar refractivity (Wildman–Crippen MR) is 125 cm³/mol. The van der Waals surface area contributed by atoms with E-state index in [4.69, 9.17) is 4.74 Å². The van der Waals surface area contributed by atoms with Gasteiger partial charge >= 0.3 is 0 Å². The third-order valence-corrected chi connectivity index (χ3v) is 6.21. The number of aliphatic hydroxyl groups is 2. The molecule has 4 N–H and O–H groups in total. The van der Waals surface area contributed by atoms with Gasteiger partial charge in [-0.25, -0.2) is 4.98 Å². The lowest BCUT2D eigenvalue weighted by molar-refractivity contribution is -0.116. The highest BCUT2D eigenvalue weighted by molar-refractivity contribution is 5.91. The average molecular weight is 469 g/mol. The first-order chi connectivity index (χ1) is 16.3. The van der Waals surface area contributed by atoms with Crippen LogP contribution in [0.4, 0.5) is 0 Å². The lowest BCUT2D eigenvalue weighted by Crippen LogP contribution is -2.60. The number of piperidine rings is 1. The number of aryl methyl sites for hydroxylation is 2. The van der Waals surface area contributed by atoms with Gasteiger partial charge < -0.3 is 25.3 Å². The number of β-amino-alcohol motifs (C(OH)–C–C–N with tert-alkyl or cyclic N) is 1. The molecule has 182 valence electrons. The zero-order valence-corrected chi connectivity index (χ0v) is 19.6. The van der Waals surface area contributed by atoms with E-state index in [-0.39, 0.29) is 12.5 Å². The standard InChI is InChI=1S/C24H32N6O4/c1-17-11-18(2)30(28-17)9-10-34-20-5-3-19(4-6-20)13-29-8-7-24(33,22(31)14-29)15-26-23(32)21-12-25-16-27-21/h3-6,11-12,16,22,31,33H,7-10,13-15H2,1-2H3,(H,25,27)(H,26,32)/t22-,24-/m1/s1. The van der Waals surface area contributed by atoms with Crippen LogP contribution in [0.25, 0.3) is 0 Å². The van der Waals surface area contributed by atoms with Crippen LogP contribution in [-0.2, 0) is 13.1 Å². The number of rotatable bonds is 9. The van der Waals surface area contributed by atoms with E-state index in [1.807, 2.05) is 48.9 Å². The number of ether oxygens (including phenoxy) is 1. The Bertz CT molecular complexity index is 1080. The highest BCUT2D eigenvalue weighted by atomic mass is 16.5. The Morgan fingerprint density at radius 3 is 2.76 bits per heavy atom. The van der Waals surface area contributed by atoms with Crippen LogP contribution in [0, 0.1) is 13.8 Å². The summed E-state index contributed by atoms with van der Waals surface area (Å²) in [4.78, 5) is 20.7. The molecule has 0 unspecified atom stereocenters. The molecule has 10 nitrogen and oxygen atoms in total. The Morgan fingerprint density at radius 2 is 2.12 bits per heavy atom. The molecule has 4 rings (SSSR count). The van der Waals surface area contributed by atoms with Crippen molar-refractivity contribution in [3.05, 3.63) is 65.5 Å². The Morgan fingerprint density at radius 1 is 1.32 bits per heavy atom. The van der Waals surface area contributed by atoms with Gasteiger partial charge in [-0.3, -0.25) is 14.4 Å². The number of carbonyl (C=O) groups is 1. The number of likely N-dealkylation sites (tertiary alicyclic amines) is 1. The highest BCUT2D eigenvalue weighted by Crippen LogP contribution is 2.24. The number of H-pyrrole nitrogens is 1. The van der Waals surface area contributed by atoms with Gasteiger partial charge in [0.1, 0.15) is 23.7 Å². The molecule has 1 amide bonds. The summed E-state index contributed by atoms with van der Waals surface area (Å²) in [6, 6.07) is 9.95. The highest BCUT2D eigenvalue weighted by Gasteiger charge is 2.40. The molecule has 34 heavy (non-hydrogen) atoms. The van der Waals surface area contributed by atoms with Crippen molar-refractivity contribution in [2.45, 2.75) is 45.1 Å². The number of hydrogen-bond donors (Lipinski definition) is 4. The van der Waals surface area contributed by atoms with Crippen LogP contribution in [0.5, 0.6) is 5.75 Å². The largest absolute Gasteiger partial charge is 0.492 e. The van der Waals surface area contributed by atoms with Crippen LogP contribution in [0.3, 0.4) is 0 Å². The molecule has 1 fully saturated rings. The number of aliphatic hydroxyl groups excluding tert-OH is 1. The summed E-state index contributed by atoms with van der Waals surface area (Å²) in [5.41, 5.74) is 2.16. The van der Waals surface area contributed by atoms with Crippen molar-refractivity contribution in [3.8, 4) is 5.75 Å². The van der Waals surface area contributed by atoms with Crippen LogP contribution < -0.4 is 10.1 Å². The van der Waals surface area contributed by atoms with E-state index in [1.54, 1.807) is 0 Å². The molecule has 1 aliphatic rings. The topological polar surface area (TPSA) is 129 Å². The van der Waals surface area contributed by atoms with Crippen molar-refractivity contribution in [1.29, 1.82) is 0 Å². The Labute approximate surface area is 198 Å².